The highest BCUT2D eigenvalue weighted by Crippen LogP contribution is 2.49. The second-order valence-electron chi connectivity index (χ2n) is 13.7. The Balaban J connectivity index is 1.19. The van der Waals surface area contributed by atoms with Crippen LogP contribution in [0.5, 0.6) is 0 Å². The molecule has 0 unspecified atom stereocenters. The molecular formula is C52H35NS. The average molecular weight is 706 g/mol. The topological polar surface area (TPSA) is 3.24 Å². The maximum atomic E-state index is 2.47. The van der Waals surface area contributed by atoms with Gasteiger partial charge < -0.3 is 4.90 Å². The van der Waals surface area contributed by atoms with Crippen LogP contribution in [0.4, 0.5) is 17.1 Å². The summed E-state index contributed by atoms with van der Waals surface area (Å²) < 4.78 is 2.58. The zero-order valence-corrected chi connectivity index (χ0v) is 30.4. The largest absolute Gasteiger partial charge is 0.308 e. The van der Waals surface area contributed by atoms with Crippen LogP contribution >= 0.6 is 11.3 Å². The van der Waals surface area contributed by atoms with Crippen LogP contribution in [0.2, 0.25) is 0 Å². The van der Waals surface area contributed by atoms with E-state index in [1.807, 2.05) is 11.3 Å². The number of hydrogen-bond donors (Lipinski definition) is 0. The second-order valence-corrected chi connectivity index (χ2v) is 14.7. The summed E-state index contributed by atoms with van der Waals surface area (Å²) in [6.45, 7) is 0. The lowest BCUT2D eigenvalue weighted by Gasteiger charge is -2.28. The molecule has 0 amide bonds. The van der Waals surface area contributed by atoms with Gasteiger partial charge in [0.1, 0.15) is 0 Å². The van der Waals surface area contributed by atoms with Crippen LogP contribution in [0, 0.1) is 0 Å². The molecule has 0 radical (unpaired) electrons. The highest BCUT2D eigenvalue weighted by Gasteiger charge is 2.22. The maximum Gasteiger partial charge on any atom is 0.0640 e. The fourth-order valence-corrected chi connectivity index (χ4v) is 9.19. The Bertz CT molecular complexity index is 2890. The Labute approximate surface area is 319 Å². The number of para-hydroxylation sites is 1. The summed E-state index contributed by atoms with van der Waals surface area (Å²) in [4.78, 5) is 2.47. The standard InChI is InChI=1S/C52H35NS/c1-4-15-36(16-5-1)38-27-29-41(30-28-38)43-21-12-13-25-49(43)53(42-33-31-39(32-34-42)37-17-6-2-7-18-37)50-26-14-24-46-48-35-47(40-19-8-3-9-20-40)44-22-10-11-23-45(44)51(48)54-52(46)50/h1-35H. The Morgan fingerprint density at radius 2 is 0.722 bits per heavy atom. The molecule has 10 aromatic rings. The molecule has 0 aliphatic rings. The molecule has 10 rings (SSSR count). The first-order valence-electron chi connectivity index (χ1n) is 18.4. The minimum atomic E-state index is 1.11. The van der Waals surface area contributed by atoms with E-state index in [0.717, 1.165) is 11.4 Å². The predicted molar refractivity (Wildman–Crippen MR) is 233 cm³/mol. The van der Waals surface area contributed by atoms with Crippen LogP contribution in [-0.4, -0.2) is 0 Å². The van der Waals surface area contributed by atoms with Gasteiger partial charge in [0, 0.05) is 32.1 Å². The van der Waals surface area contributed by atoms with Gasteiger partial charge in [-0.05, 0) is 74.7 Å². The van der Waals surface area contributed by atoms with Gasteiger partial charge in [-0.2, -0.15) is 0 Å². The smallest absolute Gasteiger partial charge is 0.0640 e. The molecule has 1 heterocycles. The van der Waals surface area contributed by atoms with E-state index in [2.05, 4.69) is 217 Å². The SMILES string of the molecule is c1ccc(-c2ccc(-c3ccccc3N(c3ccc(-c4ccccc4)cc3)c3cccc4c3sc3c5ccccc5c(-c5ccccc5)cc43)cc2)cc1. The van der Waals surface area contributed by atoms with Crippen molar-refractivity contribution >= 4 is 59.3 Å². The monoisotopic (exact) mass is 705 g/mol. The van der Waals surface area contributed by atoms with E-state index < -0.39 is 0 Å². The van der Waals surface area contributed by atoms with E-state index in [0.29, 0.717) is 0 Å². The first-order chi connectivity index (χ1) is 26.8. The van der Waals surface area contributed by atoms with E-state index in [1.54, 1.807) is 0 Å². The van der Waals surface area contributed by atoms with Crippen molar-refractivity contribution in [1.29, 1.82) is 0 Å². The van der Waals surface area contributed by atoms with Crippen LogP contribution in [0.15, 0.2) is 212 Å². The van der Waals surface area contributed by atoms with Gasteiger partial charge in [-0.15, -0.1) is 11.3 Å². The van der Waals surface area contributed by atoms with Crippen molar-refractivity contribution in [2.75, 3.05) is 4.90 Å². The summed E-state index contributed by atoms with van der Waals surface area (Å²) in [5.41, 5.74) is 13.1. The molecule has 0 saturated heterocycles. The van der Waals surface area contributed by atoms with Crippen LogP contribution in [0.1, 0.15) is 0 Å². The van der Waals surface area contributed by atoms with E-state index >= 15 is 0 Å². The van der Waals surface area contributed by atoms with Gasteiger partial charge in [-0.25, -0.2) is 0 Å². The van der Waals surface area contributed by atoms with Gasteiger partial charge in [0.05, 0.1) is 16.1 Å². The summed E-state index contributed by atoms with van der Waals surface area (Å²) >= 11 is 1.90. The zero-order valence-electron chi connectivity index (χ0n) is 29.6. The molecule has 0 fully saturated rings. The minimum Gasteiger partial charge on any atom is -0.308 e. The van der Waals surface area contributed by atoms with Crippen molar-refractivity contribution in [2.45, 2.75) is 0 Å². The first kappa shape index (κ1) is 32.0. The molecule has 0 aliphatic heterocycles. The fraction of sp³-hybridized carbons (Fsp3) is 0. The Morgan fingerprint density at radius 1 is 0.278 bits per heavy atom. The molecular weight excluding hydrogens is 671 g/mol. The predicted octanol–water partition coefficient (Wildman–Crippen LogP) is 15.3. The Kier molecular flexibility index (Phi) is 8.09. The van der Waals surface area contributed by atoms with Crippen LogP contribution < -0.4 is 4.90 Å². The summed E-state index contributed by atoms with van der Waals surface area (Å²) in [6, 6.07) is 77.0. The highest BCUT2D eigenvalue weighted by molar-refractivity contribution is 7.27. The molecule has 0 saturated carbocycles. The minimum absolute atomic E-state index is 1.11. The second kappa shape index (κ2) is 13.7. The van der Waals surface area contributed by atoms with Crippen molar-refractivity contribution in [3.05, 3.63) is 212 Å². The van der Waals surface area contributed by atoms with Crippen LogP contribution in [0.25, 0.3) is 75.5 Å². The van der Waals surface area contributed by atoms with Gasteiger partial charge in [0.25, 0.3) is 0 Å². The van der Waals surface area contributed by atoms with E-state index in [1.165, 1.54) is 81.1 Å². The Hall–Kier alpha value is -6.74. The van der Waals surface area contributed by atoms with Crippen molar-refractivity contribution < 1.29 is 0 Å². The van der Waals surface area contributed by atoms with Crippen molar-refractivity contribution in [3.63, 3.8) is 0 Å². The molecule has 54 heavy (non-hydrogen) atoms. The third-order valence-corrected chi connectivity index (χ3v) is 11.8. The third-order valence-electron chi connectivity index (χ3n) is 10.5. The molecule has 9 aromatic carbocycles. The Morgan fingerprint density at radius 3 is 1.39 bits per heavy atom. The lowest BCUT2D eigenvalue weighted by Crippen LogP contribution is -2.11. The zero-order chi connectivity index (χ0) is 35.8. The van der Waals surface area contributed by atoms with Crippen molar-refractivity contribution in [3.8, 4) is 44.5 Å². The number of thiophene rings is 1. The van der Waals surface area contributed by atoms with Gasteiger partial charge in [0.2, 0.25) is 0 Å². The van der Waals surface area contributed by atoms with Crippen LogP contribution in [0.3, 0.4) is 0 Å². The summed E-state index contributed by atoms with van der Waals surface area (Å²) in [6.07, 6.45) is 0. The van der Waals surface area contributed by atoms with Crippen LogP contribution in [-0.2, 0) is 0 Å². The number of nitrogens with zero attached hydrogens (tertiary/aromatic N) is 1. The summed E-state index contributed by atoms with van der Waals surface area (Å²) in [5.74, 6) is 0. The molecule has 0 spiro atoms. The van der Waals surface area contributed by atoms with E-state index in [4.69, 9.17) is 0 Å². The number of benzene rings is 9. The first-order valence-corrected chi connectivity index (χ1v) is 19.2. The molecule has 2 heteroatoms. The quantitative estimate of drug-likeness (QED) is 0.160. The molecule has 0 aliphatic carbocycles. The highest BCUT2D eigenvalue weighted by atomic mass is 32.1. The molecule has 0 atom stereocenters. The lowest BCUT2D eigenvalue weighted by molar-refractivity contribution is 1.30. The van der Waals surface area contributed by atoms with E-state index in [-0.39, 0.29) is 0 Å². The molecule has 1 aromatic heterocycles. The van der Waals surface area contributed by atoms with Crippen molar-refractivity contribution in [1.82, 2.24) is 0 Å². The maximum absolute atomic E-state index is 2.47. The van der Waals surface area contributed by atoms with Gasteiger partial charge in [-0.1, -0.05) is 182 Å². The normalized spacial score (nSPS) is 11.3. The van der Waals surface area contributed by atoms with E-state index in [9.17, 15) is 0 Å². The number of hydrogen-bond acceptors (Lipinski definition) is 2. The number of rotatable bonds is 7. The van der Waals surface area contributed by atoms with Gasteiger partial charge in [0.15, 0.2) is 0 Å². The molecule has 1 nitrogen and oxygen atoms in total. The van der Waals surface area contributed by atoms with Gasteiger partial charge in [-0.3, -0.25) is 0 Å². The molecule has 0 N–H and O–H groups in total. The van der Waals surface area contributed by atoms with Crippen molar-refractivity contribution in [2.24, 2.45) is 0 Å². The summed E-state index contributed by atoms with van der Waals surface area (Å²) in [5, 5.41) is 5.13. The number of fused-ring (bicyclic) bond motifs is 5. The lowest BCUT2D eigenvalue weighted by atomic mass is 9.95. The molecule has 254 valence electrons. The summed E-state index contributed by atoms with van der Waals surface area (Å²) in [7, 11) is 0. The average Bonchev–Trinajstić information content (AvgIpc) is 3.65. The molecule has 0 bridgehead atoms. The fourth-order valence-electron chi connectivity index (χ4n) is 7.86. The van der Waals surface area contributed by atoms with Gasteiger partial charge >= 0.3 is 0 Å². The number of anilines is 3. The third kappa shape index (κ3) is 5.65.